The highest BCUT2D eigenvalue weighted by Gasteiger charge is 2.09. The average molecular weight is 227 g/mol. The Morgan fingerprint density at radius 2 is 1.88 bits per heavy atom. The molecule has 2 aromatic rings. The van der Waals surface area contributed by atoms with Crippen molar-refractivity contribution in [2.24, 2.45) is 0 Å². The summed E-state index contributed by atoms with van der Waals surface area (Å²) in [5.74, 6) is -0.431. The van der Waals surface area contributed by atoms with E-state index in [1.165, 1.54) is 6.07 Å². The molecule has 0 bridgehead atoms. The third kappa shape index (κ3) is 2.17. The molecule has 0 aliphatic heterocycles. The molecule has 0 aliphatic rings. The van der Waals surface area contributed by atoms with Crippen LogP contribution >= 0.6 is 0 Å². The zero-order chi connectivity index (χ0) is 12.3. The number of benzene rings is 2. The normalized spacial score (nSPS) is 9.94. The molecule has 0 saturated carbocycles. The molecule has 1 N–H and O–H groups in total. The van der Waals surface area contributed by atoms with Crippen molar-refractivity contribution in [2.45, 2.75) is 6.61 Å². The largest absolute Gasteiger partial charge is 0.392 e. The Hall–Kier alpha value is -2.18. The summed E-state index contributed by atoms with van der Waals surface area (Å²) in [6.45, 7) is -0.197. The van der Waals surface area contributed by atoms with E-state index in [-0.39, 0.29) is 6.61 Å². The Balaban J connectivity index is 2.58. The second kappa shape index (κ2) is 4.77. The summed E-state index contributed by atoms with van der Waals surface area (Å²) in [6, 6.07) is 13.4. The van der Waals surface area contributed by atoms with Gasteiger partial charge in [0.25, 0.3) is 0 Å². The van der Waals surface area contributed by atoms with Crippen LogP contribution in [0.3, 0.4) is 0 Å². The Morgan fingerprint density at radius 1 is 1.12 bits per heavy atom. The van der Waals surface area contributed by atoms with Gasteiger partial charge in [-0.05, 0) is 17.7 Å². The summed E-state index contributed by atoms with van der Waals surface area (Å²) in [5.41, 5.74) is 1.89. The molecule has 0 heterocycles. The minimum Gasteiger partial charge on any atom is -0.392 e. The molecule has 0 unspecified atom stereocenters. The van der Waals surface area contributed by atoms with Gasteiger partial charge in [0.2, 0.25) is 0 Å². The predicted octanol–water partition coefficient (Wildman–Crippen LogP) is 2.86. The topological polar surface area (TPSA) is 44.0 Å². The van der Waals surface area contributed by atoms with Crippen molar-refractivity contribution in [2.75, 3.05) is 0 Å². The lowest BCUT2D eigenvalue weighted by Gasteiger charge is -2.06. The molecule has 0 radical (unpaired) electrons. The highest BCUT2D eigenvalue weighted by atomic mass is 19.1. The second-order valence-electron chi connectivity index (χ2n) is 3.63. The molecule has 84 valence electrons. The molecule has 2 nitrogen and oxygen atoms in total. The van der Waals surface area contributed by atoms with Crippen LogP contribution in [-0.2, 0) is 6.61 Å². The van der Waals surface area contributed by atoms with Gasteiger partial charge in [-0.3, -0.25) is 0 Å². The Morgan fingerprint density at radius 3 is 2.53 bits per heavy atom. The number of aliphatic hydroxyl groups excluding tert-OH is 1. The molecule has 3 heteroatoms. The van der Waals surface area contributed by atoms with Crippen molar-refractivity contribution in [3.63, 3.8) is 0 Å². The zero-order valence-corrected chi connectivity index (χ0v) is 9.02. The standard InChI is InChI=1S/C14H10FNO/c15-14-7-10(9-17)5-6-13(14)12-4-2-1-3-11(12)8-16/h1-7,17H,9H2. The third-order valence-corrected chi connectivity index (χ3v) is 2.55. The number of aliphatic hydroxyl groups is 1. The predicted molar refractivity (Wildman–Crippen MR) is 62.5 cm³/mol. The van der Waals surface area contributed by atoms with Crippen LogP contribution in [0.4, 0.5) is 4.39 Å². The summed E-state index contributed by atoms with van der Waals surface area (Å²) >= 11 is 0. The third-order valence-electron chi connectivity index (χ3n) is 2.55. The maximum Gasteiger partial charge on any atom is 0.131 e. The van der Waals surface area contributed by atoms with Crippen molar-refractivity contribution in [1.29, 1.82) is 5.26 Å². The van der Waals surface area contributed by atoms with Crippen molar-refractivity contribution < 1.29 is 9.50 Å². The van der Waals surface area contributed by atoms with Crippen molar-refractivity contribution in [1.82, 2.24) is 0 Å². The molecule has 0 atom stereocenters. The van der Waals surface area contributed by atoms with Crippen LogP contribution in [-0.4, -0.2) is 5.11 Å². The summed E-state index contributed by atoms with van der Waals surface area (Å²) in [4.78, 5) is 0. The fraction of sp³-hybridized carbons (Fsp3) is 0.0714. The van der Waals surface area contributed by atoms with E-state index in [9.17, 15) is 4.39 Å². The van der Waals surface area contributed by atoms with Gasteiger partial charge in [-0.2, -0.15) is 5.26 Å². The molecule has 0 fully saturated rings. The van der Waals surface area contributed by atoms with E-state index >= 15 is 0 Å². The van der Waals surface area contributed by atoms with Crippen molar-refractivity contribution >= 4 is 0 Å². The van der Waals surface area contributed by atoms with Gasteiger partial charge < -0.3 is 5.11 Å². The first-order valence-corrected chi connectivity index (χ1v) is 5.15. The van der Waals surface area contributed by atoms with E-state index in [0.717, 1.165) is 0 Å². The quantitative estimate of drug-likeness (QED) is 0.857. The van der Waals surface area contributed by atoms with Gasteiger partial charge in [0.15, 0.2) is 0 Å². The van der Waals surface area contributed by atoms with E-state index in [0.29, 0.717) is 22.3 Å². The molecule has 0 amide bonds. The van der Waals surface area contributed by atoms with Crippen LogP contribution in [0.15, 0.2) is 42.5 Å². The number of rotatable bonds is 2. The highest BCUT2D eigenvalue weighted by molar-refractivity contribution is 5.71. The van der Waals surface area contributed by atoms with E-state index < -0.39 is 5.82 Å². The minimum atomic E-state index is -0.431. The van der Waals surface area contributed by atoms with Crippen LogP contribution in [0.5, 0.6) is 0 Å². The Kier molecular flexibility index (Phi) is 3.17. The van der Waals surface area contributed by atoms with Gasteiger partial charge in [0.05, 0.1) is 18.2 Å². The summed E-state index contributed by atoms with van der Waals surface area (Å²) < 4.78 is 13.8. The van der Waals surface area contributed by atoms with Crippen LogP contribution < -0.4 is 0 Å². The number of hydrogen-bond donors (Lipinski definition) is 1. The van der Waals surface area contributed by atoms with E-state index in [2.05, 4.69) is 0 Å². The van der Waals surface area contributed by atoms with Gasteiger partial charge >= 0.3 is 0 Å². The minimum absolute atomic E-state index is 0.197. The van der Waals surface area contributed by atoms with E-state index in [4.69, 9.17) is 10.4 Å². The fourth-order valence-electron chi connectivity index (χ4n) is 1.69. The smallest absolute Gasteiger partial charge is 0.131 e. The van der Waals surface area contributed by atoms with Crippen molar-refractivity contribution in [3.8, 4) is 17.2 Å². The van der Waals surface area contributed by atoms with Crippen LogP contribution in [0.1, 0.15) is 11.1 Å². The molecule has 17 heavy (non-hydrogen) atoms. The first-order valence-electron chi connectivity index (χ1n) is 5.15. The molecule has 2 rings (SSSR count). The van der Waals surface area contributed by atoms with E-state index in [1.54, 1.807) is 36.4 Å². The zero-order valence-electron chi connectivity index (χ0n) is 9.02. The summed E-state index contributed by atoms with van der Waals surface area (Å²) in [6.07, 6.45) is 0. The maximum absolute atomic E-state index is 13.8. The van der Waals surface area contributed by atoms with Crippen molar-refractivity contribution in [3.05, 3.63) is 59.4 Å². The lowest BCUT2D eigenvalue weighted by Crippen LogP contribution is -1.91. The molecular formula is C14H10FNO. The lowest BCUT2D eigenvalue weighted by atomic mass is 9.99. The molecular weight excluding hydrogens is 217 g/mol. The van der Waals surface area contributed by atoms with Gasteiger partial charge in [-0.1, -0.05) is 30.3 Å². The number of nitrogens with zero attached hydrogens (tertiary/aromatic N) is 1. The van der Waals surface area contributed by atoms with Gasteiger partial charge in [0.1, 0.15) is 5.82 Å². The van der Waals surface area contributed by atoms with Crippen LogP contribution in [0, 0.1) is 17.1 Å². The monoisotopic (exact) mass is 227 g/mol. The first kappa shape index (κ1) is 11.3. The maximum atomic E-state index is 13.8. The number of halogens is 1. The van der Waals surface area contributed by atoms with Gasteiger partial charge in [-0.15, -0.1) is 0 Å². The first-order chi connectivity index (χ1) is 8.26. The number of nitriles is 1. The fourth-order valence-corrected chi connectivity index (χ4v) is 1.69. The molecule has 0 aromatic heterocycles. The highest BCUT2D eigenvalue weighted by Crippen LogP contribution is 2.26. The lowest BCUT2D eigenvalue weighted by molar-refractivity contribution is 0.281. The average Bonchev–Trinajstić information content (AvgIpc) is 2.38. The van der Waals surface area contributed by atoms with Gasteiger partial charge in [0, 0.05) is 11.1 Å². The summed E-state index contributed by atoms with van der Waals surface area (Å²) in [7, 11) is 0. The summed E-state index contributed by atoms with van der Waals surface area (Å²) in [5, 5.41) is 17.9. The second-order valence-corrected chi connectivity index (χ2v) is 3.63. The Labute approximate surface area is 98.6 Å². The molecule has 0 aliphatic carbocycles. The molecule has 2 aromatic carbocycles. The number of hydrogen-bond acceptors (Lipinski definition) is 2. The molecule has 0 spiro atoms. The SMILES string of the molecule is N#Cc1ccccc1-c1ccc(CO)cc1F. The molecule has 0 saturated heterocycles. The van der Waals surface area contributed by atoms with Crippen LogP contribution in [0.2, 0.25) is 0 Å². The van der Waals surface area contributed by atoms with Gasteiger partial charge in [-0.25, -0.2) is 4.39 Å². The van der Waals surface area contributed by atoms with Crippen LogP contribution in [0.25, 0.3) is 11.1 Å². The van der Waals surface area contributed by atoms with E-state index in [1.807, 2.05) is 6.07 Å². The Bertz CT molecular complexity index is 587.